The molecule has 23 heavy (non-hydrogen) atoms. The summed E-state index contributed by atoms with van der Waals surface area (Å²) in [7, 11) is -0.543. The summed E-state index contributed by atoms with van der Waals surface area (Å²) in [5.74, 6) is 0.278. The number of allylic oxidation sites excluding steroid dienone is 1. The maximum Gasteiger partial charge on any atom is 0.0906 e. The topological polar surface area (TPSA) is 49.7 Å². The van der Waals surface area contributed by atoms with Gasteiger partial charge in [0, 0.05) is 24.0 Å². The molecule has 0 amide bonds. The minimum absolute atomic E-state index is 0. The van der Waals surface area contributed by atoms with Crippen molar-refractivity contribution in [3.05, 3.63) is 12.3 Å². The first-order valence-electron chi connectivity index (χ1n) is 7.64. The zero-order chi connectivity index (χ0) is 18.8. The maximum atomic E-state index is 8.89. The van der Waals surface area contributed by atoms with Gasteiger partial charge < -0.3 is 5.11 Å². The zero-order valence-corrected chi connectivity index (χ0v) is 20.2. The van der Waals surface area contributed by atoms with Crippen molar-refractivity contribution in [1.29, 1.82) is 0 Å². The summed E-state index contributed by atoms with van der Waals surface area (Å²) in [6, 6.07) is 0. The van der Waals surface area contributed by atoms with Crippen LogP contribution in [0.3, 0.4) is 0 Å². The fraction of sp³-hybridized carbons (Fsp3) is 0.824. The van der Waals surface area contributed by atoms with Crippen molar-refractivity contribution in [2.45, 2.75) is 59.5 Å². The van der Waals surface area contributed by atoms with Gasteiger partial charge in [-0.2, -0.15) is 0 Å². The van der Waals surface area contributed by atoms with E-state index in [1.165, 1.54) is 6.42 Å². The van der Waals surface area contributed by atoms with E-state index >= 15 is 0 Å². The predicted molar refractivity (Wildman–Crippen MR) is 109 cm³/mol. The van der Waals surface area contributed by atoms with Crippen LogP contribution in [0.4, 0.5) is 0 Å². The SMILES string of the molecule is C=C(O)C(C)(C)CC.C=P(C)(C)C(C)(C)CC.CP(C)OO.[V]. The summed E-state index contributed by atoms with van der Waals surface area (Å²) in [6.07, 6.45) is 6.40. The summed E-state index contributed by atoms with van der Waals surface area (Å²) in [6.45, 7) is 23.7. The molecule has 6 heteroatoms. The average molecular weight is 405 g/mol. The van der Waals surface area contributed by atoms with Gasteiger partial charge in [0.05, 0.1) is 13.9 Å². The third-order valence-corrected chi connectivity index (χ3v) is 8.25. The monoisotopic (exact) mass is 405 g/mol. The van der Waals surface area contributed by atoms with Crippen molar-refractivity contribution in [1.82, 2.24) is 0 Å². The summed E-state index contributed by atoms with van der Waals surface area (Å²) < 4.78 is 3.81. The normalized spacial score (nSPS) is 11.5. The Balaban J connectivity index is -0.000000120. The second-order valence-electron chi connectivity index (χ2n) is 7.43. The van der Waals surface area contributed by atoms with Crippen LogP contribution in [-0.4, -0.2) is 48.5 Å². The van der Waals surface area contributed by atoms with Gasteiger partial charge in [-0.25, -0.2) is 9.93 Å². The molecule has 0 spiro atoms. The fourth-order valence-corrected chi connectivity index (χ4v) is 1.49. The van der Waals surface area contributed by atoms with E-state index in [2.05, 4.69) is 51.7 Å². The van der Waals surface area contributed by atoms with Crippen molar-refractivity contribution in [2.24, 2.45) is 5.41 Å². The van der Waals surface area contributed by atoms with E-state index in [0.29, 0.717) is 5.16 Å². The van der Waals surface area contributed by atoms with Crippen LogP contribution < -0.4 is 0 Å². The molecule has 0 aliphatic carbocycles. The van der Waals surface area contributed by atoms with Crippen LogP contribution in [0.2, 0.25) is 0 Å². The fourth-order valence-electron chi connectivity index (χ4n) is 0.632. The Morgan fingerprint density at radius 3 is 1.39 bits per heavy atom. The minimum atomic E-state index is -0.869. The van der Waals surface area contributed by atoms with Crippen LogP contribution >= 0.6 is 15.0 Å². The van der Waals surface area contributed by atoms with Gasteiger partial charge in [0.25, 0.3) is 0 Å². The van der Waals surface area contributed by atoms with Crippen LogP contribution in [0.1, 0.15) is 54.4 Å². The van der Waals surface area contributed by atoms with Gasteiger partial charge in [0.15, 0.2) is 0 Å². The zero-order valence-electron chi connectivity index (χ0n) is 17.0. The quantitative estimate of drug-likeness (QED) is 0.237. The third-order valence-electron chi connectivity index (χ3n) is 4.33. The largest absolute Gasteiger partial charge is 0.512 e. The van der Waals surface area contributed by atoms with Crippen molar-refractivity contribution >= 4 is 21.3 Å². The molecular formula is C17H40O3P2V. The standard InChI is InChI=1S/C8H19P.C7H14O.C2H7O2P.V/c1-7-8(2,3)9(4,5)6;1-5-7(3,4)6(2)8;1-5(2)4-3;/h4,7H2,1-3,5-6H3;8H,2,5H2,1,3-4H3;3H,1-2H3;. The van der Waals surface area contributed by atoms with Crippen LogP contribution in [0.15, 0.2) is 12.3 Å². The van der Waals surface area contributed by atoms with E-state index in [1.54, 1.807) is 0 Å². The van der Waals surface area contributed by atoms with E-state index < -0.39 is 15.0 Å². The van der Waals surface area contributed by atoms with Crippen molar-refractivity contribution in [3.8, 4) is 0 Å². The molecule has 0 aromatic heterocycles. The van der Waals surface area contributed by atoms with Crippen molar-refractivity contribution < 1.29 is 33.6 Å². The molecule has 0 heterocycles. The molecule has 0 aromatic rings. The van der Waals surface area contributed by atoms with E-state index in [-0.39, 0.29) is 29.7 Å². The second-order valence-corrected chi connectivity index (χ2v) is 13.8. The van der Waals surface area contributed by atoms with Gasteiger partial charge in [-0.05, 0) is 44.7 Å². The number of hydrogen-bond acceptors (Lipinski definition) is 3. The van der Waals surface area contributed by atoms with Gasteiger partial charge in [-0.3, -0.25) is 0 Å². The molecule has 0 aliphatic heterocycles. The summed E-state index contributed by atoms with van der Waals surface area (Å²) >= 11 is 0. The van der Waals surface area contributed by atoms with Gasteiger partial charge >= 0.3 is 0 Å². The summed E-state index contributed by atoms with van der Waals surface area (Å²) in [4.78, 5) is 0. The smallest absolute Gasteiger partial charge is 0.0906 e. The van der Waals surface area contributed by atoms with Gasteiger partial charge in [0.2, 0.25) is 0 Å². The first kappa shape index (κ1) is 31.5. The molecule has 2 N–H and O–H groups in total. The number of aliphatic hydroxyl groups is 1. The van der Waals surface area contributed by atoms with Crippen LogP contribution in [-0.2, 0) is 23.2 Å². The molecule has 0 saturated carbocycles. The molecule has 0 bridgehead atoms. The molecular weight excluding hydrogens is 365 g/mol. The first-order valence-corrected chi connectivity index (χ1v) is 12.7. The van der Waals surface area contributed by atoms with E-state index in [1.807, 2.05) is 34.1 Å². The van der Waals surface area contributed by atoms with Crippen LogP contribution in [0.5, 0.6) is 0 Å². The van der Waals surface area contributed by atoms with Gasteiger partial charge in [0.1, 0.15) is 0 Å². The Labute approximate surface area is 158 Å². The van der Waals surface area contributed by atoms with Crippen LogP contribution in [0.25, 0.3) is 0 Å². The van der Waals surface area contributed by atoms with E-state index in [4.69, 9.17) is 10.4 Å². The Bertz CT molecular complexity index is 348. The molecule has 0 fully saturated rings. The summed E-state index contributed by atoms with van der Waals surface area (Å²) in [5, 5.41) is 17.0. The Kier molecular flexibility index (Phi) is 19.2. The van der Waals surface area contributed by atoms with Crippen LogP contribution in [0, 0.1) is 5.41 Å². The molecule has 3 nitrogen and oxygen atoms in total. The first-order chi connectivity index (χ1) is 9.58. The molecule has 0 unspecified atom stereocenters. The van der Waals surface area contributed by atoms with E-state index in [9.17, 15) is 0 Å². The molecule has 0 atom stereocenters. The molecule has 141 valence electrons. The van der Waals surface area contributed by atoms with Gasteiger partial charge in [-0.15, -0.1) is 13.2 Å². The van der Waals surface area contributed by atoms with Crippen molar-refractivity contribution in [2.75, 3.05) is 26.7 Å². The Hall–Kier alpha value is 0.774. The predicted octanol–water partition coefficient (Wildman–Crippen LogP) is 6.51. The Morgan fingerprint density at radius 1 is 1.09 bits per heavy atom. The van der Waals surface area contributed by atoms with Crippen molar-refractivity contribution in [3.63, 3.8) is 0 Å². The molecule has 0 aromatic carbocycles. The number of aliphatic hydroxyl groups excluding tert-OH is 1. The van der Waals surface area contributed by atoms with Gasteiger partial charge in [-0.1, -0.05) is 48.1 Å². The molecule has 0 saturated heterocycles. The summed E-state index contributed by atoms with van der Waals surface area (Å²) in [5.41, 5.74) is -0.0972. The maximum absolute atomic E-state index is 8.89. The Morgan fingerprint density at radius 2 is 1.39 bits per heavy atom. The molecule has 0 rings (SSSR count). The number of hydrogen-bond donors (Lipinski definition) is 2. The minimum Gasteiger partial charge on any atom is -0.512 e. The molecule has 1 radical (unpaired) electrons. The second kappa shape index (κ2) is 14.0. The third kappa shape index (κ3) is 17.4. The average Bonchev–Trinajstić information content (AvgIpc) is 2.38. The number of rotatable bonds is 5. The molecule has 0 aliphatic rings. The van der Waals surface area contributed by atoms with E-state index in [0.717, 1.165) is 6.42 Å².